The minimum absolute atomic E-state index is 0.165. The molecule has 0 spiro atoms. The number of benzene rings is 3. The van der Waals surface area contributed by atoms with Crippen molar-refractivity contribution in [1.82, 2.24) is 14.5 Å². The van der Waals surface area contributed by atoms with Gasteiger partial charge in [0.25, 0.3) is 5.91 Å². The fraction of sp³-hybridized carbons (Fsp3) is 0.256. The van der Waals surface area contributed by atoms with E-state index in [4.69, 9.17) is 15.6 Å². The molecule has 0 saturated heterocycles. The molecule has 306 valence electrons. The smallest absolute Gasteiger partial charge is 0.435 e. The van der Waals surface area contributed by atoms with Gasteiger partial charge in [0, 0.05) is 54.2 Å². The number of hydrogen-bond donors (Lipinski definition) is 4. The third-order valence-corrected chi connectivity index (χ3v) is 8.27. The number of aromatic nitrogens is 3. The molecule has 19 heteroatoms. The predicted octanol–water partition coefficient (Wildman–Crippen LogP) is 6.79. The summed E-state index contributed by atoms with van der Waals surface area (Å²) < 4.78 is 62.4. The van der Waals surface area contributed by atoms with Crippen LogP contribution in [-0.4, -0.2) is 81.0 Å². The number of amidine groups is 1. The number of carboxylic acids is 2. The molecule has 3 aromatic carbocycles. The number of pyridine rings is 1. The van der Waals surface area contributed by atoms with Crippen LogP contribution in [0.5, 0.6) is 5.75 Å². The molecule has 5 aromatic rings. The number of rotatable bonds is 14. The average molecular weight is 810 g/mol. The van der Waals surface area contributed by atoms with E-state index < -0.39 is 49.0 Å². The molecular weight excluding hydrogens is 770 g/mol. The van der Waals surface area contributed by atoms with Gasteiger partial charge in [-0.25, -0.2) is 19.2 Å². The molecule has 0 bridgehead atoms. The zero-order chi connectivity index (χ0) is 42.6. The summed E-state index contributed by atoms with van der Waals surface area (Å²) in [6.07, 6.45) is -5.66. The maximum atomic E-state index is 14.0. The number of nitrogens with one attached hydrogen (secondary N) is 1. The molecule has 0 unspecified atom stereocenters. The molecule has 0 aliphatic carbocycles. The summed E-state index contributed by atoms with van der Waals surface area (Å²) >= 11 is 0. The van der Waals surface area contributed by atoms with Gasteiger partial charge < -0.3 is 35.3 Å². The molecule has 0 saturated carbocycles. The quantitative estimate of drug-likeness (QED) is 0.0519. The van der Waals surface area contributed by atoms with Crippen molar-refractivity contribution in [2.75, 3.05) is 30.5 Å². The van der Waals surface area contributed by atoms with Gasteiger partial charge in [-0.1, -0.05) is 6.92 Å². The highest BCUT2D eigenvalue weighted by molar-refractivity contribution is 6.07. The van der Waals surface area contributed by atoms with Crippen LogP contribution >= 0.6 is 0 Å². The van der Waals surface area contributed by atoms with Crippen LogP contribution in [0.15, 0.2) is 84.0 Å². The van der Waals surface area contributed by atoms with Gasteiger partial charge in [0.15, 0.2) is 0 Å². The van der Waals surface area contributed by atoms with Gasteiger partial charge in [-0.2, -0.15) is 18.2 Å². The maximum Gasteiger partial charge on any atom is 0.435 e. The summed E-state index contributed by atoms with van der Waals surface area (Å²) in [6, 6.07) is 18.6. The number of amides is 2. The number of hydrogen-bond acceptors (Lipinski definition) is 9. The number of carbonyl (C=O) groups is 4. The Morgan fingerprint density at radius 1 is 0.966 bits per heavy atom. The Morgan fingerprint density at radius 2 is 1.66 bits per heavy atom. The van der Waals surface area contributed by atoms with E-state index in [0.717, 1.165) is 5.52 Å². The predicted molar refractivity (Wildman–Crippen MR) is 205 cm³/mol. The van der Waals surface area contributed by atoms with E-state index in [9.17, 15) is 41.8 Å². The van der Waals surface area contributed by atoms with E-state index in [2.05, 4.69) is 25.0 Å². The van der Waals surface area contributed by atoms with Crippen LogP contribution in [-0.2, 0) is 27.9 Å². The highest BCUT2D eigenvalue weighted by Gasteiger charge is 2.27. The summed E-state index contributed by atoms with van der Waals surface area (Å²) in [5.41, 5.74) is 9.28. The van der Waals surface area contributed by atoms with Crippen molar-refractivity contribution in [2.24, 2.45) is 17.8 Å². The van der Waals surface area contributed by atoms with E-state index in [1.54, 1.807) is 68.6 Å². The number of carbonyl (C=O) groups excluding carboxylic acids is 2. The van der Waals surface area contributed by atoms with Crippen LogP contribution in [0.4, 0.5) is 33.9 Å². The highest BCUT2D eigenvalue weighted by atomic mass is 19.4. The Balaban J connectivity index is 0.00000140. The van der Waals surface area contributed by atoms with Crippen molar-refractivity contribution in [1.29, 1.82) is 0 Å². The number of aliphatic carboxylic acids is 2. The lowest BCUT2D eigenvalue weighted by Crippen LogP contribution is -2.33. The zero-order valence-electron chi connectivity index (χ0n) is 31.4. The summed E-state index contributed by atoms with van der Waals surface area (Å²) in [7, 11) is 3.26. The number of imidazole rings is 1. The van der Waals surface area contributed by atoms with Gasteiger partial charge in [-0.15, -0.1) is 0 Å². The fourth-order valence-electron chi connectivity index (χ4n) is 5.22. The number of nitrogens with two attached hydrogens (primary N) is 1. The third-order valence-electron chi connectivity index (χ3n) is 8.27. The van der Waals surface area contributed by atoms with Crippen LogP contribution < -0.4 is 20.7 Å². The second kappa shape index (κ2) is 19.7. The molecule has 0 aliphatic heterocycles. The van der Waals surface area contributed by atoms with Gasteiger partial charge in [0.2, 0.25) is 0 Å². The summed E-state index contributed by atoms with van der Waals surface area (Å²) in [4.78, 5) is 60.2. The molecule has 15 nitrogen and oxygen atoms in total. The lowest BCUT2D eigenvalue weighted by atomic mass is 10.1. The average Bonchev–Trinajstić information content (AvgIpc) is 3.50. The molecule has 5 rings (SSSR count). The molecule has 2 aromatic heterocycles. The minimum atomic E-state index is -4.47. The second-order valence-corrected chi connectivity index (χ2v) is 12.3. The van der Waals surface area contributed by atoms with E-state index >= 15 is 0 Å². The number of ether oxygens (including phenoxy) is 2. The monoisotopic (exact) mass is 809 g/mol. The standard InChI is InChI=1S/C36H33F4N7O6.C3H6O2/c1-46-28-10-5-22(34(50)47(15-13-32(48)49)30-12-6-23(19-43-30)26-18-24(37)7-11-29(26)52-2)17-27(28)44-31(46)20-42-25-8-3-21(4-9-25)33(41)45-35(51)53-16-14-36(38,39)40;1-2-3(4)5/h3-12,17-19,42H,13-16,20H2,1-2H3,(H,48,49)(H2,41,45,51);2H2,1H3,(H,4,5). The molecule has 0 atom stereocenters. The van der Waals surface area contributed by atoms with Crippen molar-refractivity contribution in [3.63, 3.8) is 0 Å². The largest absolute Gasteiger partial charge is 0.496 e. The first-order valence-electron chi connectivity index (χ1n) is 17.4. The molecule has 0 fully saturated rings. The first kappa shape index (κ1) is 43.7. The number of aliphatic imine (C=N–C) groups is 1. The Labute approximate surface area is 328 Å². The van der Waals surface area contributed by atoms with Crippen LogP contribution in [0.2, 0.25) is 0 Å². The lowest BCUT2D eigenvalue weighted by Gasteiger charge is -2.21. The summed E-state index contributed by atoms with van der Waals surface area (Å²) in [5.74, 6) is -1.80. The number of anilines is 2. The Bertz CT molecular complexity index is 2280. The molecule has 2 heterocycles. The number of methoxy groups -OCH3 is 1. The van der Waals surface area contributed by atoms with Gasteiger partial charge >= 0.3 is 24.2 Å². The molecular formula is C39H39F4N7O8. The highest BCUT2D eigenvalue weighted by Crippen LogP contribution is 2.31. The molecule has 5 N–H and O–H groups in total. The first-order valence-corrected chi connectivity index (χ1v) is 17.4. The Morgan fingerprint density at radius 3 is 2.26 bits per heavy atom. The Hall–Kier alpha value is -7.05. The van der Waals surface area contributed by atoms with Crippen molar-refractivity contribution in [3.05, 3.63) is 102 Å². The SMILES string of the molecule is CCC(=O)O.COc1ccc(F)cc1-c1ccc(N(CCC(=O)O)C(=O)c2ccc3c(c2)nc(CNc2ccc(C(N)=NC(=O)OCCC(F)(F)F)cc2)n3C)nc1. The van der Waals surface area contributed by atoms with Gasteiger partial charge in [0.1, 0.15) is 35.7 Å². The first-order chi connectivity index (χ1) is 27.5. The minimum Gasteiger partial charge on any atom is -0.496 e. The number of halogens is 4. The van der Waals surface area contributed by atoms with Crippen molar-refractivity contribution in [2.45, 2.75) is 38.9 Å². The number of aryl methyl sites for hydroxylation is 1. The molecule has 2 amide bonds. The topological polar surface area (TPSA) is 212 Å². The fourth-order valence-corrected chi connectivity index (χ4v) is 5.22. The molecule has 0 radical (unpaired) electrons. The number of fused-ring (bicyclic) bond motifs is 1. The maximum absolute atomic E-state index is 14.0. The number of alkyl halides is 3. The van der Waals surface area contributed by atoms with Gasteiger partial charge in [-0.05, 0) is 72.8 Å². The number of carboxylic acid groups (broad SMARTS) is 2. The summed E-state index contributed by atoms with van der Waals surface area (Å²) in [6.45, 7) is 0.833. The van der Waals surface area contributed by atoms with Crippen LogP contribution in [0.1, 0.15) is 47.9 Å². The van der Waals surface area contributed by atoms with Crippen molar-refractivity contribution in [3.8, 4) is 16.9 Å². The van der Waals surface area contributed by atoms with Crippen LogP contribution in [0.3, 0.4) is 0 Å². The van der Waals surface area contributed by atoms with Gasteiger partial charge in [-0.3, -0.25) is 19.3 Å². The van der Waals surface area contributed by atoms with E-state index in [0.29, 0.717) is 39.5 Å². The van der Waals surface area contributed by atoms with Crippen molar-refractivity contribution < 1.29 is 56.4 Å². The lowest BCUT2D eigenvalue weighted by molar-refractivity contribution is -0.141. The normalized spacial score (nSPS) is 11.3. The second-order valence-electron chi connectivity index (χ2n) is 12.3. The van der Waals surface area contributed by atoms with E-state index in [-0.39, 0.29) is 43.1 Å². The van der Waals surface area contributed by atoms with E-state index in [1.165, 1.54) is 36.4 Å². The van der Waals surface area contributed by atoms with Gasteiger partial charge in [0.05, 0.1) is 37.5 Å². The zero-order valence-corrected chi connectivity index (χ0v) is 31.4. The molecule has 0 aliphatic rings. The van der Waals surface area contributed by atoms with Crippen LogP contribution in [0.25, 0.3) is 22.2 Å². The van der Waals surface area contributed by atoms with Crippen LogP contribution in [0, 0.1) is 5.82 Å². The van der Waals surface area contributed by atoms with Crippen molar-refractivity contribution >= 4 is 52.3 Å². The molecule has 58 heavy (non-hydrogen) atoms. The Kier molecular flexibility index (Phi) is 14.8. The van der Waals surface area contributed by atoms with E-state index in [1.807, 2.05) is 4.57 Å². The number of nitrogens with zero attached hydrogens (tertiary/aromatic N) is 5. The third kappa shape index (κ3) is 12.2. The summed E-state index contributed by atoms with van der Waals surface area (Å²) in [5, 5.41) is 20.3.